The van der Waals surface area contributed by atoms with Gasteiger partial charge in [0, 0.05) is 12.1 Å². The monoisotopic (exact) mass is 262 g/mol. The van der Waals surface area contributed by atoms with E-state index in [0.29, 0.717) is 0 Å². The highest BCUT2D eigenvalue weighted by Crippen LogP contribution is 2.34. The molecule has 0 saturated carbocycles. The average molecular weight is 262 g/mol. The Bertz CT molecular complexity index is 724. The van der Waals surface area contributed by atoms with Crippen LogP contribution in [0.1, 0.15) is 10.4 Å². The van der Waals surface area contributed by atoms with Gasteiger partial charge in [0.1, 0.15) is 5.39 Å². The lowest BCUT2D eigenvalue weighted by Crippen LogP contribution is -2.00. The molecular weight excluding hydrogens is 256 g/mol. The SMILES string of the molecule is O=C(O)c1cc([N+](=O)[O-])c2c([N+](=O)[O-])cccc2c1. The number of nitro benzene ring substituents is 2. The van der Waals surface area contributed by atoms with Crippen molar-refractivity contribution < 1.29 is 19.7 Å². The molecule has 0 unspecified atom stereocenters. The van der Waals surface area contributed by atoms with E-state index in [4.69, 9.17) is 5.11 Å². The zero-order chi connectivity index (χ0) is 14.2. The molecule has 1 N–H and O–H groups in total. The molecular formula is C11H6N2O6. The van der Waals surface area contributed by atoms with Gasteiger partial charge in [0.15, 0.2) is 0 Å². The van der Waals surface area contributed by atoms with E-state index in [1.54, 1.807) is 0 Å². The summed E-state index contributed by atoms with van der Waals surface area (Å²) in [5, 5.41) is 30.7. The lowest BCUT2D eigenvalue weighted by atomic mass is 10.0. The molecule has 96 valence electrons. The van der Waals surface area contributed by atoms with Gasteiger partial charge in [-0.1, -0.05) is 12.1 Å². The van der Waals surface area contributed by atoms with E-state index in [0.717, 1.165) is 18.2 Å². The van der Waals surface area contributed by atoms with Crippen LogP contribution in [0.4, 0.5) is 11.4 Å². The minimum atomic E-state index is -1.34. The number of aromatic carboxylic acids is 1. The largest absolute Gasteiger partial charge is 0.478 e. The molecule has 0 aliphatic rings. The van der Waals surface area contributed by atoms with Crippen molar-refractivity contribution in [3.05, 3.63) is 56.1 Å². The van der Waals surface area contributed by atoms with Crippen molar-refractivity contribution in [2.75, 3.05) is 0 Å². The Morgan fingerprint density at radius 2 is 1.68 bits per heavy atom. The van der Waals surface area contributed by atoms with Gasteiger partial charge < -0.3 is 5.11 Å². The number of carboxylic acids is 1. The molecule has 19 heavy (non-hydrogen) atoms. The van der Waals surface area contributed by atoms with Crippen LogP contribution in [0.25, 0.3) is 10.8 Å². The Hall–Kier alpha value is -3.03. The predicted molar refractivity (Wildman–Crippen MR) is 64.2 cm³/mol. The maximum Gasteiger partial charge on any atom is 0.335 e. The van der Waals surface area contributed by atoms with Crippen LogP contribution in [0.15, 0.2) is 30.3 Å². The number of nitrogens with zero attached hydrogens (tertiary/aromatic N) is 2. The van der Waals surface area contributed by atoms with Crippen molar-refractivity contribution in [3.63, 3.8) is 0 Å². The number of non-ortho nitro benzene ring substituents is 2. The van der Waals surface area contributed by atoms with Crippen molar-refractivity contribution in [1.29, 1.82) is 0 Å². The predicted octanol–water partition coefficient (Wildman–Crippen LogP) is 2.35. The second kappa shape index (κ2) is 4.33. The number of carboxylic acid groups (broad SMARTS) is 1. The zero-order valence-electron chi connectivity index (χ0n) is 9.27. The van der Waals surface area contributed by atoms with Gasteiger partial charge in [-0.3, -0.25) is 20.2 Å². The van der Waals surface area contributed by atoms with E-state index < -0.39 is 27.2 Å². The molecule has 2 aromatic rings. The first-order valence-corrected chi connectivity index (χ1v) is 5.00. The van der Waals surface area contributed by atoms with Gasteiger partial charge in [0.2, 0.25) is 0 Å². The molecule has 0 aliphatic carbocycles. The van der Waals surface area contributed by atoms with E-state index in [1.807, 2.05) is 0 Å². The van der Waals surface area contributed by atoms with Gasteiger partial charge >= 0.3 is 5.97 Å². The fourth-order valence-electron chi connectivity index (χ4n) is 1.81. The highest BCUT2D eigenvalue weighted by Gasteiger charge is 2.24. The topological polar surface area (TPSA) is 124 Å². The average Bonchev–Trinajstić information content (AvgIpc) is 2.36. The summed E-state index contributed by atoms with van der Waals surface area (Å²) >= 11 is 0. The second-order valence-corrected chi connectivity index (χ2v) is 3.69. The Kier molecular flexibility index (Phi) is 2.83. The van der Waals surface area contributed by atoms with Crippen LogP contribution in [0.3, 0.4) is 0 Å². The van der Waals surface area contributed by atoms with E-state index >= 15 is 0 Å². The van der Waals surface area contributed by atoms with E-state index in [2.05, 4.69) is 0 Å². The van der Waals surface area contributed by atoms with Crippen molar-refractivity contribution >= 4 is 28.1 Å². The maximum absolute atomic E-state index is 11.0. The molecule has 0 heterocycles. The molecule has 0 spiro atoms. The number of carbonyl (C=O) groups is 1. The Balaban J connectivity index is 2.95. The number of fused-ring (bicyclic) bond motifs is 1. The van der Waals surface area contributed by atoms with Crippen LogP contribution >= 0.6 is 0 Å². The van der Waals surface area contributed by atoms with Crippen LogP contribution in [0, 0.1) is 20.2 Å². The molecule has 8 nitrogen and oxygen atoms in total. The quantitative estimate of drug-likeness (QED) is 0.668. The third kappa shape index (κ3) is 2.06. The molecule has 2 rings (SSSR count). The third-order valence-corrected chi connectivity index (χ3v) is 2.57. The van der Waals surface area contributed by atoms with E-state index in [1.165, 1.54) is 12.1 Å². The lowest BCUT2D eigenvalue weighted by molar-refractivity contribution is -0.390. The Labute approximate surface area is 105 Å². The summed E-state index contributed by atoms with van der Waals surface area (Å²) in [6.07, 6.45) is 0. The minimum Gasteiger partial charge on any atom is -0.478 e. The van der Waals surface area contributed by atoms with Crippen LogP contribution in [-0.4, -0.2) is 20.9 Å². The zero-order valence-corrected chi connectivity index (χ0v) is 9.27. The summed E-state index contributed by atoms with van der Waals surface area (Å²) in [5.74, 6) is -1.34. The smallest absolute Gasteiger partial charge is 0.335 e. The van der Waals surface area contributed by atoms with E-state index in [-0.39, 0.29) is 16.3 Å². The van der Waals surface area contributed by atoms with Gasteiger partial charge in [0.05, 0.1) is 15.4 Å². The highest BCUT2D eigenvalue weighted by molar-refractivity contribution is 6.03. The third-order valence-electron chi connectivity index (χ3n) is 2.57. The summed E-state index contributed by atoms with van der Waals surface area (Å²) in [4.78, 5) is 31.1. The van der Waals surface area contributed by atoms with Gasteiger partial charge in [-0.25, -0.2) is 4.79 Å². The first-order valence-electron chi connectivity index (χ1n) is 5.00. The molecule has 0 bridgehead atoms. The number of rotatable bonds is 3. The van der Waals surface area contributed by atoms with E-state index in [9.17, 15) is 25.0 Å². The highest BCUT2D eigenvalue weighted by atomic mass is 16.6. The van der Waals surface area contributed by atoms with Crippen LogP contribution < -0.4 is 0 Å². The molecule has 0 atom stereocenters. The molecule has 0 amide bonds. The standard InChI is InChI=1S/C11H6N2O6/c14-11(15)7-4-6-2-1-3-8(12(16)17)10(6)9(5-7)13(18)19/h1-5H,(H,14,15). The normalized spacial score (nSPS) is 10.3. The molecule has 0 aliphatic heterocycles. The van der Waals surface area contributed by atoms with Gasteiger partial charge in [-0.15, -0.1) is 0 Å². The number of nitro groups is 2. The number of benzene rings is 2. The summed E-state index contributed by atoms with van der Waals surface area (Å²) < 4.78 is 0. The minimum absolute atomic E-state index is 0.140. The molecule has 0 radical (unpaired) electrons. The fraction of sp³-hybridized carbons (Fsp3) is 0. The van der Waals surface area contributed by atoms with Crippen molar-refractivity contribution in [2.24, 2.45) is 0 Å². The first kappa shape index (κ1) is 12.4. The number of hydrogen-bond acceptors (Lipinski definition) is 5. The van der Waals surface area contributed by atoms with Gasteiger partial charge in [0.25, 0.3) is 11.4 Å². The number of hydrogen-bond donors (Lipinski definition) is 1. The molecule has 0 aromatic heterocycles. The lowest BCUT2D eigenvalue weighted by Gasteiger charge is -2.03. The second-order valence-electron chi connectivity index (χ2n) is 3.69. The van der Waals surface area contributed by atoms with Gasteiger partial charge in [-0.05, 0) is 11.5 Å². The summed E-state index contributed by atoms with van der Waals surface area (Å²) in [6, 6.07) is 5.85. The molecule has 2 aromatic carbocycles. The fourth-order valence-corrected chi connectivity index (χ4v) is 1.81. The summed E-state index contributed by atoms with van der Waals surface area (Å²) in [6.45, 7) is 0. The maximum atomic E-state index is 11.0. The Morgan fingerprint density at radius 3 is 2.21 bits per heavy atom. The van der Waals surface area contributed by atoms with Crippen molar-refractivity contribution in [1.82, 2.24) is 0 Å². The molecule has 0 fully saturated rings. The molecule has 0 saturated heterocycles. The van der Waals surface area contributed by atoms with Crippen molar-refractivity contribution in [3.8, 4) is 0 Å². The first-order chi connectivity index (χ1) is 8.91. The van der Waals surface area contributed by atoms with Crippen LogP contribution in [0.2, 0.25) is 0 Å². The van der Waals surface area contributed by atoms with Crippen LogP contribution in [-0.2, 0) is 0 Å². The summed E-state index contributed by atoms with van der Waals surface area (Å²) in [5.41, 5.74) is -1.32. The van der Waals surface area contributed by atoms with Crippen molar-refractivity contribution in [2.45, 2.75) is 0 Å². The summed E-state index contributed by atoms with van der Waals surface area (Å²) in [7, 11) is 0. The Morgan fingerprint density at radius 1 is 1.05 bits per heavy atom. The molecule has 8 heteroatoms. The van der Waals surface area contributed by atoms with Crippen LogP contribution in [0.5, 0.6) is 0 Å². The van der Waals surface area contributed by atoms with Gasteiger partial charge in [-0.2, -0.15) is 0 Å².